The van der Waals surface area contributed by atoms with Crippen molar-refractivity contribution < 1.29 is 9.13 Å². The number of hydrogen-bond acceptors (Lipinski definition) is 2. The maximum atomic E-state index is 14.0. The number of hydrogen-bond donors (Lipinski definition) is 0. The van der Waals surface area contributed by atoms with E-state index in [2.05, 4.69) is 20.8 Å². The number of benzene rings is 1. The maximum absolute atomic E-state index is 14.0. The van der Waals surface area contributed by atoms with Crippen LogP contribution in [0, 0.1) is 11.7 Å². The van der Waals surface area contributed by atoms with Crippen molar-refractivity contribution in [1.29, 1.82) is 0 Å². The highest BCUT2D eigenvalue weighted by atomic mass is 79.9. The van der Waals surface area contributed by atoms with Crippen molar-refractivity contribution in [2.45, 2.75) is 18.2 Å². The van der Waals surface area contributed by atoms with Gasteiger partial charge in [0.1, 0.15) is 5.82 Å². The molecule has 0 saturated carbocycles. The number of ether oxygens (including phenoxy) is 1. The standard InChI is InChI=1S/C14H19BrFNO/c1-18-10-11-4-6-17(7-5-11)14-3-2-12(9-15)8-13(14)16/h2-3,8,11H,4-7,9-10H2,1H3. The number of alkyl halides is 1. The van der Waals surface area contributed by atoms with Gasteiger partial charge in [-0.1, -0.05) is 22.0 Å². The summed E-state index contributed by atoms with van der Waals surface area (Å²) < 4.78 is 19.2. The first-order valence-electron chi connectivity index (χ1n) is 6.33. The van der Waals surface area contributed by atoms with Gasteiger partial charge >= 0.3 is 0 Å². The molecule has 0 N–H and O–H groups in total. The maximum Gasteiger partial charge on any atom is 0.146 e. The number of piperidine rings is 1. The fourth-order valence-electron chi connectivity index (χ4n) is 2.47. The van der Waals surface area contributed by atoms with Crippen molar-refractivity contribution in [1.82, 2.24) is 0 Å². The molecule has 1 aromatic rings. The van der Waals surface area contributed by atoms with Gasteiger partial charge in [-0.2, -0.15) is 0 Å². The lowest BCUT2D eigenvalue weighted by Gasteiger charge is -2.33. The largest absolute Gasteiger partial charge is 0.384 e. The Hall–Kier alpha value is -0.610. The minimum Gasteiger partial charge on any atom is -0.384 e. The van der Waals surface area contributed by atoms with Crippen LogP contribution in [-0.4, -0.2) is 26.8 Å². The molecule has 1 aromatic carbocycles. The lowest BCUT2D eigenvalue weighted by Crippen LogP contribution is -2.35. The van der Waals surface area contributed by atoms with Gasteiger partial charge < -0.3 is 9.64 Å². The van der Waals surface area contributed by atoms with Gasteiger partial charge in [-0.3, -0.25) is 0 Å². The molecule has 1 saturated heterocycles. The Bertz CT molecular complexity index is 391. The van der Waals surface area contributed by atoms with Crippen LogP contribution in [0.2, 0.25) is 0 Å². The molecule has 0 aromatic heterocycles. The van der Waals surface area contributed by atoms with E-state index in [-0.39, 0.29) is 5.82 Å². The SMILES string of the molecule is COCC1CCN(c2ccc(CBr)cc2F)CC1. The molecule has 1 heterocycles. The molecule has 0 unspecified atom stereocenters. The molecule has 0 aliphatic carbocycles. The van der Waals surface area contributed by atoms with Crippen molar-refractivity contribution in [2.75, 3.05) is 31.7 Å². The monoisotopic (exact) mass is 315 g/mol. The van der Waals surface area contributed by atoms with Gasteiger partial charge in [0, 0.05) is 32.1 Å². The third kappa shape index (κ3) is 3.23. The number of halogens is 2. The smallest absolute Gasteiger partial charge is 0.146 e. The average Bonchev–Trinajstić information content (AvgIpc) is 2.40. The molecule has 0 atom stereocenters. The van der Waals surface area contributed by atoms with E-state index in [1.807, 2.05) is 12.1 Å². The van der Waals surface area contributed by atoms with E-state index >= 15 is 0 Å². The van der Waals surface area contributed by atoms with Gasteiger partial charge in [0.2, 0.25) is 0 Å². The minimum atomic E-state index is -0.114. The summed E-state index contributed by atoms with van der Waals surface area (Å²) in [6.45, 7) is 2.65. The Morgan fingerprint density at radius 3 is 2.67 bits per heavy atom. The Kier molecular flexibility index (Phi) is 5.01. The zero-order chi connectivity index (χ0) is 13.0. The summed E-state index contributed by atoms with van der Waals surface area (Å²) in [4.78, 5) is 2.14. The first-order chi connectivity index (χ1) is 8.74. The molecule has 1 aliphatic heterocycles. The van der Waals surface area contributed by atoms with Crippen molar-refractivity contribution >= 4 is 21.6 Å². The van der Waals surface area contributed by atoms with Crippen molar-refractivity contribution in [3.63, 3.8) is 0 Å². The Balaban J connectivity index is 2.01. The summed E-state index contributed by atoms with van der Waals surface area (Å²) >= 11 is 3.34. The third-order valence-electron chi connectivity index (χ3n) is 3.52. The molecule has 1 aliphatic rings. The fourth-order valence-corrected chi connectivity index (χ4v) is 2.82. The van der Waals surface area contributed by atoms with Gasteiger partial charge in [-0.05, 0) is 36.5 Å². The lowest BCUT2D eigenvalue weighted by atomic mass is 9.97. The molecule has 0 radical (unpaired) electrons. The molecular weight excluding hydrogens is 297 g/mol. The first-order valence-corrected chi connectivity index (χ1v) is 7.45. The fraction of sp³-hybridized carbons (Fsp3) is 0.571. The first kappa shape index (κ1) is 13.8. The molecule has 2 nitrogen and oxygen atoms in total. The van der Waals surface area contributed by atoms with Crippen LogP contribution in [0.4, 0.5) is 10.1 Å². The highest BCUT2D eigenvalue weighted by molar-refractivity contribution is 9.08. The predicted molar refractivity (Wildman–Crippen MR) is 75.8 cm³/mol. The number of methoxy groups -OCH3 is 1. The number of anilines is 1. The topological polar surface area (TPSA) is 12.5 Å². The second-order valence-corrected chi connectivity index (χ2v) is 5.37. The van der Waals surface area contributed by atoms with Crippen molar-refractivity contribution in [2.24, 2.45) is 5.92 Å². The summed E-state index contributed by atoms with van der Waals surface area (Å²) in [6.07, 6.45) is 2.15. The van der Waals surface area contributed by atoms with Crippen molar-refractivity contribution in [3.05, 3.63) is 29.6 Å². The van der Waals surface area contributed by atoms with Crippen LogP contribution in [0.25, 0.3) is 0 Å². The molecule has 4 heteroatoms. The lowest BCUT2D eigenvalue weighted by molar-refractivity contribution is 0.139. The minimum absolute atomic E-state index is 0.114. The molecule has 1 fully saturated rings. The van der Waals surface area contributed by atoms with Crippen molar-refractivity contribution in [3.8, 4) is 0 Å². The predicted octanol–water partition coefficient (Wildman–Crippen LogP) is 3.58. The van der Waals surface area contributed by atoms with E-state index in [4.69, 9.17) is 4.74 Å². The molecule has 0 bridgehead atoms. The molecule has 0 amide bonds. The second-order valence-electron chi connectivity index (χ2n) is 4.81. The highest BCUT2D eigenvalue weighted by Crippen LogP contribution is 2.26. The van der Waals surface area contributed by atoms with Crippen LogP contribution >= 0.6 is 15.9 Å². The van der Waals surface area contributed by atoms with Crippen LogP contribution in [0.15, 0.2) is 18.2 Å². The zero-order valence-electron chi connectivity index (χ0n) is 10.7. The summed E-state index contributed by atoms with van der Waals surface area (Å²) in [7, 11) is 1.74. The van der Waals surface area contributed by atoms with Crippen LogP contribution in [0.3, 0.4) is 0 Å². The molecule has 18 heavy (non-hydrogen) atoms. The molecular formula is C14H19BrFNO. The van der Waals surface area contributed by atoms with Crippen LogP contribution in [0.5, 0.6) is 0 Å². The number of rotatable bonds is 4. The number of nitrogens with zero attached hydrogens (tertiary/aromatic N) is 1. The van der Waals surface area contributed by atoms with Crippen LogP contribution < -0.4 is 4.90 Å². The van der Waals surface area contributed by atoms with Crippen LogP contribution in [0.1, 0.15) is 18.4 Å². The van der Waals surface area contributed by atoms with E-state index in [0.717, 1.165) is 43.8 Å². The quantitative estimate of drug-likeness (QED) is 0.787. The van der Waals surface area contributed by atoms with Gasteiger partial charge in [0.25, 0.3) is 0 Å². The molecule has 0 spiro atoms. The Morgan fingerprint density at radius 2 is 2.11 bits per heavy atom. The average molecular weight is 316 g/mol. The van der Waals surface area contributed by atoms with E-state index in [1.54, 1.807) is 13.2 Å². The Labute approximate surface area is 116 Å². The summed E-state index contributed by atoms with van der Waals surface area (Å²) in [6, 6.07) is 5.49. The second kappa shape index (κ2) is 6.53. The van der Waals surface area contributed by atoms with E-state index in [1.165, 1.54) is 0 Å². The molecule has 2 rings (SSSR count). The zero-order valence-corrected chi connectivity index (χ0v) is 12.2. The van der Waals surface area contributed by atoms with Gasteiger partial charge in [-0.15, -0.1) is 0 Å². The Morgan fingerprint density at radius 1 is 1.39 bits per heavy atom. The van der Waals surface area contributed by atoms with E-state index in [9.17, 15) is 4.39 Å². The highest BCUT2D eigenvalue weighted by Gasteiger charge is 2.21. The molecule has 100 valence electrons. The summed E-state index contributed by atoms with van der Waals surface area (Å²) in [5, 5.41) is 0.695. The van der Waals surface area contributed by atoms with Gasteiger partial charge in [-0.25, -0.2) is 4.39 Å². The summed E-state index contributed by atoms with van der Waals surface area (Å²) in [5.41, 5.74) is 1.71. The normalized spacial score (nSPS) is 17.2. The van der Waals surface area contributed by atoms with Gasteiger partial charge in [0.15, 0.2) is 0 Å². The van der Waals surface area contributed by atoms with Gasteiger partial charge in [0.05, 0.1) is 5.69 Å². The third-order valence-corrected chi connectivity index (χ3v) is 4.17. The van der Waals surface area contributed by atoms with E-state index in [0.29, 0.717) is 11.2 Å². The van der Waals surface area contributed by atoms with E-state index < -0.39 is 0 Å². The summed E-state index contributed by atoms with van der Waals surface area (Å²) in [5.74, 6) is 0.508. The van der Waals surface area contributed by atoms with Crippen LogP contribution in [-0.2, 0) is 10.1 Å².